The summed E-state index contributed by atoms with van der Waals surface area (Å²) >= 11 is 3.13. The number of ether oxygens (including phenoxy) is 1. The first kappa shape index (κ1) is 19.4. The summed E-state index contributed by atoms with van der Waals surface area (Å²) in [5, 5.41) is 3.05. The number of benzene rings is 2. The van der Waals surface area contributed by atoms with E-state index in [4.69, 9.17) is 4.74 Å². The van der Waals surface area contributed by atoms with E-state index in [1.165, 1.54) is 22.9 Å². The Balaban J connectivity index is 1.29. The molecule has 1 saturated heterocycles. The largest absolute Gasteiger partial charge is 0.379 e. The third-order valence-corrected chi connectivity index (χ3v) is 6.87. The lowest BCUT2D eigenvalue weighted by Crippen LogP contribution is -2.36. The Labute approximate surface area is 173 Å². The summed E-state index contributed by atoms with van der Waals surface area (Å²) in [6.45, 7) is 4.96. The molecule has 0 radical (unpaired) electrons. The van der Waals surface area contributed by atoms with E-state index in [9.17, 15) is 4.79 Å². The van der Waals surface area contributed by atoms with Crippen LogP contribution in [0.15, 0.2) is 52.9 Å². The second-order valence-corrected chi connectivity index (χ2v) is 8.92. The molecule has 0 atom stereocenters. The topological polar surface area (TPSA) is 54.5 Å². The van der Waals surface area contributed by atoms with Gasteiger partial charge in [0.25, 0.3) is 0 Å². The van der Waals surface area contributed by atoms with Crippen molar-refractivity contribution in [2.75, 3.05) is 32.1 Å². The van der Waals surface area contributed by atoms with Gasteiger partial charge < -0.3 is 10.1 Å². The van der Waals surface area contributed by atoms with Crippen LogP contribution in [0.2, 0.25) is 0 Å². The Morgan fingerprint density at radius 2 is 1.86 bits per heavy atom. The van der Waals surface area contributed by atoms with Crippen LogP contribution in [0, 0.1) is 0 Å². The second-order valence-electron chi connectivity index (χ2n) is 6.67. The number of nitrogens with one attached hydrogen (secondary N) is 1. The Kier molecular flexibility index (Phi) is 6.59. The van der Waals surface area contributed by atoms with Crippen LogP contribution in [0.25, 0.3) is 10.2 Å². The minimum absolute atomic E-state index is 0.0328. The molecule has 4 rings (SSSR count). The van der Waals surface area contributed by atoms with E-state index in [-0.39, 0.29) is 5.91 Å². The van der Waals surface area contributed by atoms with Gasteiger partial charge in [0, 0.05) is 26.2 Å². The average Bonchev–Trinajstić information content (AvgIpc) is 3.15. The molecule has 0 aliphatic carbocycles. The molecule has 0 spiro atoms. The quantitative estimate of drug-likeness (QED) is 0.601. The third-order valence-electron chi connectivity index (χ3n) is 4.69. The lowest BCUT2D eigenvalue weighted by molar-refractivity contribution is -0.118. The molecule has 2 aromatic carbocycles. The summed E-state index contributed by atoms with van der Waals surface area (Å²) in [5.41, 5.74) is 3.43. The van der Waals surface area contributed by atoms with Crippen molar-refractivity contribution in [2.24, 2.45) is 0 Å². The monoisotopic (exact) mass is 413 g/mol. The first-order chi connectivity index (χ1) is 13.8. The van der Waals surface area contributed by atoms with E-state index in [1.807, 2.05) is 24.3 Å². The van der Waals surface area contributed by atoms with Gasteiger partial charge in [-0.3, -0.25) is 9.69 Å². The number of hydrogen-bond acceptors (Lipinski definition) is 6. The van der Waals surface area contributed by atoms with Crippen LogP contribution >= 0.6 is 23.1 Å². The Morgan fingerprint density at radius 3 is 2.68 bits per heavy atom. The minimum atomic E-state index is 0.0328. The number of carbonyl (C=O) groups excluding carboxylic acids is 1. The van der Waals surface area contributed by atoms with Crippen molar-refractivity contribution >= 4 is 39.2 Å². The predicted octanol–water partition coefficient (Wildman–Crippen LogP) is 3.54. The van der Waals surface area contributed by atoms with Crippen molar-refractivity contribution < 1.29 is 9.53 Å². The molecule has 1 fully saturated rings. The average molecular weight is 414 g/mol. The zero-order chi connectivity index (χ0) is 19.2. The highest BCUT2D eigenvalue weighted by atomic mass is 32.2. The fourth-order valence-corrected chi connectivity index (χ4v) is 5.07. The maximum atomic E-state index is 12.3. The molecule has 146 valence electrons. The van der Waals surface area contributed by atoms with E-state index in [2.05, 4.69) is 39.5 Å². The van der Waals surface area contributed by atoms with Gasteiger partial charge in [-0.05, 0) is 23.3 Å². The highest BCUT2D eigenvalue weighted by molar-refractivity contribution is 8.01. The number of hydrogen-bond donors (Lipinski definition) is 1. The number of aromatic nitrogens is 1. The molecular formula is C21H23N3O2S2. The molecule has 1 amide bonds. The van der Waals surface area contributed by atoms with Crippen LogP contribution in [-0.4, -0.2) is 47.8 Å². The normalized spacial score (nSPS) is 15.0. The zero-order valence-corrected chi connectivity index (χ0v) is 17.2. The summed E-state index contributed by atoms with van der Waals surface area (Å²) < 4.78 is 7.51. The van der Waals surface area contributed by atoms with Gasteiger partial charge in [0.2, 0.25) is 5.91 Å². The van der Waals surface area contributed by atoms with Crippen LogP contribution in [0.3, 0.4) is 0 Å². The molecule has 5 nitrogen and oxygen atoms in total. The number of thiazole rings is 1. The van der Waals surface area contributed by atoms with E-state index in [0.717, 1.165) is 47.4 Å². The molecule has 1 aliphatic heterocycles. The minimum Gasteiger partial charge on any atom is -0.379 e. The van der Waals surface area contributed by atoms with Gasteiger partial charge in [-0.1, -0.05) is 48.2 Å². The smallest absolute Gasteiger partial charge is 0.230 e. The summed E-state index contributed by atoms with van der Waals surface area (Å²) in [5.74, 6) is 0.413. The summed E-state index contributed by atoms with van der Waals surface area (Å²) in [6.07, 6.45) is 0. The van der Waals surface area contributed by atoms with Crippen molar-refractivity contribution in [3.63, 3.8) is 0 Å². The Hall–Kier alpha value is -1.93. The van der Waals surface area contributed by atoms with Gasteiger partial charge in [-0.25, -0.2) is 4.98 Å². The fraction of sp³-hybridized carbons (Fsp3) is 0.333. The van der Waals surface area contributed by atoms with Crippen LogP contribution in [0.5, 0.6) is 0 Å². The van der Waals surface area contributed by atoms with Gasteiger partial charge in [0.1, 0.15) is 0 Å². The third kappa shape index (κ3) is 5.11. The number of thioether (sulfide) groups is 1. The first-order valence-corrected chi connectivity index (χ1v) is 11.2. The van der Waals surface area contributed by atoms with Crippen molar-refractivity contribution in [3.05, 3.63) is 59.7 Å². The van der Waals surface area contributed by atoms with E-state index < -0.39 is 0 Å². The number of fused-ring (bicyclic) bond motifs is 1. The second kappa shape index (κ2) is 9.52. The fourth-order valence-electron chi connectivity index (χ4n) is 3.17. The molecule has 28 heavy (non-hydrogen) atoms. The number of rotatable bonds is 7. The van der Waals surface area contributed by atoms with E-state index in [0.29, 0.717) is 12.3 Å². The van der Waals surface area contributed by atoms with Crippen LogP contribution < -0.4 is 5.32 Å². The van der Waals surface area contributed by atoms with Crippen LogP contribution in [0.4, 0.5) is 0 Å². The van der Waals surface area contributed by atoms with Crippen LogP contribution in [0.1, 0.15) is 11.1 Å². The highest BCUT2D eigenvalue weighted by Crippen LogP contribution is 2.29. The molecular weight excluding hydrogens is 390 g/mol. The summed E-state index contributed by atoms with van der Waals surface area (Å²) in [7, 11) is 0. The van der Waals surface area contributed by atoms with Crippen molar-refractivity contribution in [3.8, 4) is 0 Å². The van der Waals surface area contributed by atoms with Crippen molar-refractivity contribution in [1.29, 1.82) is 0 Å². The lowest BCUT2D eigenvalue weighted by atomic mass is 10.1. The van der Waals surface area contributed by atoms with Crippen LogP contribution in [-0.2, 0) is 22.6 Å². The maximum absolute atomic E-state index is 12.3. The lowest BCUT2D eigenvalue weighted by Gasteiger charge is -2.27. The molecule has 7 heteroatoms. The van der Waals surface area contributed by atoms with Crippen molar-refractivity contribution in [2.45, 2.75) is 17.4 Å². The zero-order valence-electron chi connectivity index (χ0n) is 15.6. The number of nitrogens with zero attached hydrogens (tertiary/aromatic N) is 2. The summed E-state index contributed by atoms with van der Waals surface area (Å²) in [6, 6.07) is 16.4. The van der Waals surface area contributed by atoms with Gasteiger partial charge in [-0.2, -0.15) is 0 Å². The summed E-state index contributed by atoms with van der Waals surface area (Å²) in [4.78, 5) is 19.3. The molecule has 1 aliphatic rings. The van der Waals surface area contributed by atoms with Gasteiger partial charge >= 0.3 is 0 Å². The Morgan fingerprint density at radius 1 is 1.11 bits per heavy atom. The number of carbonyl (C=O) groups is 1. The van der Waals surface area contributed by atoms with Gasteiger partial charge in [0.05, 0.1) is 29.2 Å². The molecule has 2 heterocycles. The molecule has 1 N–H and O–H groups in total. The first-order valence-electron chi connectivity index (χ1n) is 9.40. The molecule has 0 saturated carbocycles. The highest BCUT2D eigenvalue weighted by Gasteiger charge is 2.13. The SMILES string of the molecule is O=C(CSc1nc2ccccc2s1)NCc1ccccc1CN1CCOCC1. The molecule has 1 aromatic heterocycles. The maximum Gasteiger partial charge on any atom is 0.230 e. The van der Waals surface area contributed by atoms with Crippen molar-refractivity contribution in [1.82, 2.24) is 15.2 Å². The molecule has 0 bridgehead atoms. The standard InChI is InChI=1S/C21H23N3O2S2/c25-20(15-27-21-23-18-7-3-4-8-19(18)28-21)22-13-16-5-1-2-6-17(16)14-24-9-11-26-12-10-24/h1-8H,9-15H2,(H,22,25). The van der Waals surface area contributed by atoms with E-state index >= 15 is 0 Å². The Bertz CT molecular complexity index is 905. The van der Waals surface area contributed by atoms with E-state index in [1.54, 1.807) is 11.3 Å². The number of para-hydroxylation sites is 1. The predicted molar refractivity (Wildman–Crippen MR) is 115 cm³/mol. The molecule has 3 aromatic rings. The number of morpholine rings is 1. The molecule has 0 unspecified atom stereocenters. The number of amides is 1. The van der Waals surface area contributed by atoms with Gasteiger partial charge in [0.15, 0.2) is 4.34 Å². The van der Waals surface area contributed by atoms with Gasteiger partial charge in [-0.15, -0.1) is 11.3 Å².